The van der Waals surface area contributed by atoms with Crippen molar-refractivity contribution in [2.75, 3.05) is 13.1 Å². The van der Waals surface area contributed by atoms with Gasteiger partial charge in [0, 0.05) is 25.3 Å². The van der Waals surface area contributed by atoms with E-state index >= 15 is 0 Å². The summed E-state index contributed by atoms with van der Waals surface area (Å²) in [5.41, 5.74) is 6.07. The first-order chi connectivity index (χ1) is 6.27. The van der Waals surface area contributed by atoms with Gasteiger partial charge in [-0.25, -0.2) is 0 Å². The molecule has 0 atom stereocenters. The maximum Gasteiger partial charge on any atom is 0.272 e. The van der Waals surface area contributed by atoms with E-state index in [0.717, 1.165) is 0 Å². The molecule has 68 valence electrons. The molecule has 2 rings (SSSR count). The van der Waals surface area contributed by atoms with Crippen LogP contribution in [-0.2, 0) is 0 Å². The SMILES string of the molecule is NC1CN(C(=O)c2ccccn2)C1. The van der Waals surface area contributed by atoms with Gasteiger partial charge in [0.05, 0.1) is 0 Å². The van der Waals surface area contributed by atoms with Gasteiger partial charge in [0.25, 0.3) is 5.91 Å². The van der Waals surface area contributed by atoms with Gasteiger partial charge in [-0.3, -0.25) is 9.78 Å². The molecule has 1 saturated heterocycles. The Bertz CT molecular complexity index is 306. The predicted molar refractivity (Wildman–Crippen MR) is 48.1 cm³/mol. The molecule has 1 aromatic rings. The van der Waals surface area contributed by atoms with Crippen LogP contribution in [0, 0.1) is 0 Å². The number of likely N-dealkylation sites (tertiary alicyclic amines) is 1. The number of carbonyl (C=O) groups excluding carboxylic acids is 1. The van der Waals surface area contributed by atoms with Crippen molar-refractivity contribution >= 4 is 5.91 Å². The minimum Gasteiger partial charge on any atom is -0.334 e. The minimum absolute atomic E-state index is 0.0256. The van der Waals surface area contributed by atoms with Crippen LogP contribution in [-0.4, -0.2) is 34.9 Å². The molecule has 13 heavy (non-hydrogen) atoms. The van der Waals surface area contributed by atoms with Gasteiger partial charge in [-0.05, 0) is 12.1 Å². The van der Waals surface area contributed by atoms with E-state index in [4.69, 9.17) is 5.73 Å². The second-order valence-electron chi connectivity index (χ2n) is 3.19. The lowest BCUT2D eigenvalue weighted by Gasteiger charge is -2.36. The van der Waals surface area contributed by atoms with Crippen LogP contribution in [0.5, 0.6) is 0 Å². The monoisotopic (exact) mass is 177 g/mol. The van der Waals surface area contributed by atoms with Crippen molar-refractivity contribution in [2.45, 2.75) is 6.04 Å². The number of nitrogens with zero attached hydrogens (tertiary/aromatic N) is 2. The highest BCUT2D eigenvalue weighted by Gasteiger charge is 2.28. The normalized spacial score (nSPS) is 16.8. The zero-order chi connectivity index (χ0) is 9.26. The molecule has 0 aromatic carbocycles. The molecule has 0 aliphatic carbocycles. The van der Waals surface area contributed by atoms with Gasteiger partial charge >= 0.3 is 0 Å². The lowest BCUT2D eigenvalue weighted by molar-refractivity contribution is 0.0602. The summed E-state index contributed by atoms with van der Waals surface area (Å²) in [5, 5.41) is 0. The summed E-state index contributed by atoms with van der Waals surface area (Å²) < 4.78 is 0. The van der Waals surface area contributed by atoms with Gasteiger partial charge in [-0.15, -0.1) is 0 Å². The number of carbonyl (C=O) groups is 1. The molecule has 1 aromatic heterocycles. The van der Waals surface area contributed by atoms with Gasteiger partial charge in [-0.2, -0.15) is 0 Å². The van der Waals surface area contributed by atoms with Crippen LogP contribution in [0.4, 0.5) is 0 Å². The molecular formula is C9H11N3O. The van der Waals surface area contributed by atoms with Crippen molar-refractivity contribution in [1.29, 1.82) is 0 Å². The Morgan fingerprint density at radius 3 is 2.85 bits per heavy atom. The molecule has 0 bridgehead atoms. The zero-order valence-corrected chi connectivity index (χ0v) is 7.18. The Morgan fingerprint density at radius 2 is 2.31 bits per heavy atom. The number of nitrogens with two attached hydrogens (primary N) is 1. The van der Waals surface area contributed by atoms with E-state index in [-0.39, 0.29) is 11.9 Å². The molecule has 0 radical (unpaired) electrons. The molecule has 2 heterocycles. The fourth-order valence-electron chi connectivity index (χ4n) is 1.33. The quantitative estimate of drug-likeness (QED) is 0.649. The third-order valence-electron chi connectivity index (χ3n) is 2.08. The van der Waals surface area contributed by atoms with E-state index in [0.29, 0.717) is 18.8 Å². The smallest absolute Gasteiger partial charge is 0.272 e. The van der Waals surface area contributed by atoms with Gasteiger partial charge in [0.1, 0.15) is 5.69 Å². The molecule has 1 amide bonds. The van der Waals surface area contributed by atoms with Gasteiger partial charge in [0.15, 0.2) is 0 Å². The minimum atomic E-state index is -0.0256. The van der Waals surface area contributed by atoms with Crippen molar-refractivity contribution in [3.8, 4) is 0 Å². The first-order valence-corrected chi connectivity index (χ1v) is 4.23. The second-order valence-corrected chi connectivity index (χ2v) is 3.19. The highest BCUT2D eigenvalue weighted by atomic mass is 16.2. The molecule has 0 unspecified atom stereocenters. The van der Waals surface area contributed by atoms with Crippen LogP contribution in [0.3, 0.4) is 0 Å². The number of hydrogen-bond donors (Lipinski definition) is 1. The van der Waals surface area contributed by atoms with E-state index in [1.807, 2.05) is 0 Å². The molecule has 4 heteroatoms. The zero-order valence-electron chi connectivity index (χ0n) is 7.18. The van der Waals surface area contributed by atoms with Crippen LogP contribution < -0.4 is 5.73 Å². The summed E-state index contributed by atoms with van der Waals surface area (Å²) in [6.07, 6.45) is 1.62. The Kier molecular flexibility index (Phi) is 1.98. The van der Waals surface area contributed by atoms with Crippen molar-refractivity contribution in [2.24, 2.45) is 5.73 Å². The van der Waals surface area contributed by atoms with Crippen molar-refractivity contribution in [3.05, 3.63) is 30.1 Å². The average Bonchev–Trinajstić information content (AvgIpc) is 2.13. The average molecular weight is 177 g/mol. The molecule has 2 N–H and O–H groups in total. The first-order valence-electron chi connectivity index (χ1n) is 4.23. The van der Waals surface area contributed by atoms with Crippen LogP contribution in [0.2, 0.25) is 0 Å². The molecule has 1 fully saturated rings. The number of amides is 1. The van der Waals surface area contributed by atoms with Crippen molar-refractivity contribution in [3.63, 3.8) is 0 Å². The fraction of sp³-hybridized carbons (Fsp3) is 0.333. The van der Waals surface area contributed by atoms with Gasteiger partial charge in [0.2, 0.25) is 0 Å². The summed E-state index contributed by atoms with van der Waals surface area (Å²) in [4.78, 5) is 17.3. The maximum atomic E-state index is 11.6. The Balaban J connectivity index is 2.06. The highest BCUT2D eigenvalue weighted by Crippen LogP contribution is 2.09. The maximum absolute atomic E-state index is 11.6. The molecule has 0 spiro atoms. The summed E-state index contributed by atoms with van der Waals surface area (Å²) in [7, 11) is 0. The van der Waals surface area contributed by atoms with Gasteiger partial charge < -0.3 is 10.6 Å². The second kappa shape index (κ2) is 3.14. The van der Waals surface area contributed by atoms with Crippen LogP contribution in [0.25, 0.3) is 0 Å². The van der Waals surface area contributed by atoms with E-state index in [2.05, 4.69) is 4.98 Å². The summed E-state index contributed by atoms with van der Waals surface area (Å²) in [6, 6.07) is 5.46. The topological polar surface area (TPSA) is 59.2 Å². The third kappa shape index (κ3) is 1.53. The highest BCUT2D eigenvalue weighted by molar-refractivity contribution is 5.92. The van der Waals surface area contributed by atoms with E-state index < -0.39 is 0 Å². The van der Waals surface area contributed by atoms with Crippen molar-refractivity contribution < 1.29 is 4.79 Å². The Morgan fingerprint density at radius 1 is 1.54 bits per heavy atom. The lowest BCUT2D eigenvalue weighted by Crippen LogP contribution is -2.57. The third-order valence-corrected chi connectivity index (χ3v) is 2.08. The van der Waals surface area contributed by atoms with Gasteiger partial charge in [-0.1, -0.05) is 6.07 Å². The van der Waals surface area contributed by atoms with E-state index in [9.17, 15) is 4.79 Å². The molecule has 1 aliphatic heterocycles. The number of rotatable bonds is 1. The Labute approximate surface area is 76.4 Å². The molecule has 1 aliphatic rings. The first kappa shape index (κ1) is 8.19. The number of pyridine rings is 1. The van der Waals surface area contributed by atoms with Crippen LogP contribution in [0.1, 0.15) is 10.5 Å². The predicted octanol–water partition coefficient (Wildman–Crippen LogP) is -0.135. The summed E-state index contributed by atoms with van der Waals surface area (Å²) in [5.74, 6) is -0.0256. The van der Waals surface area contributed by atoms with Crippen LogP contribution in [0.15, 0.2) is 24.4 Å². The number of aromatic nitrogens is 1. The summed E-state index contributed by atoms with van der Waals surface area (Å²) in [6.45, 7) is 1.30. The molecule has 0 saturated carbocycles. The standard InChI is InChI=1S/C9H11N3O/c10-7-5-12(6-7)9(13)8-3-1-2-4-11-8/h1-4,7H,5-6,10H2. The Hall–Kier alpha value is -1.42. The van der Waals surface area contributed by atoms with E-state index in [1.54, 1.807) is 29.3 Å². The van der Waals surface area contributed by atoms with Crippen molar-refractivity contribution in [1.82, 2.24) is 9.88 Å². The molecular weight excluding hydrogens is 166 g/mol. The number of hydrogen-bond acceptors (Lipinski definition) is 3. The summed E-state index contributed by atoms with van der Waals surface area (Å²) >= 11 is 0. The molecule has 4 nitrogen and oxygen atoms in total. The fourth-order valence-corrected chi connectivity index (χ4v) is 1.33. The lowest BCUT2D eigenvalue weighted by atomic mass is 10.1. The van der Waals surface area contributed by atoms with E-state index in [1.165, 1.54) is 0 Å². The largest absolute Gasteiger partial charge is 0.334 e. The van der Waals surface area contributed by atoms with Crippen LogP contribution >= 0.6 is 0 Å².